The maximum atomic E-state index is 12.7. The van der Waals surface area contributed by atoms with Gasteiger partial charge in [0.1, 0.15) is 0 Å². The highest BCUT2D eigenvalue weighted by Gasteiger charge is 2.34. The first kappa shape index (κ1) is 16.0. The van der Waals surface area contributed by atoms with E-state index < -0.39 is 35.7 Å². The fourth-order valence-corrected chi connectivity index (χ4v) is 1.39. The minimum atomic E-state index is -4.64. The topological polar surface area (TPSA) is 58.6 Å². The lowest BCUT2D eigenvalue weighted by atomic mass is 10.1. The lowest BCUT2D eigenvalue weighted by Gasteiger charge is -2.15. The molecule has 0 bridgehead atoms. The van der Waals surface area contributed by atoms with Crippen LogP contribution in [0.4, 0.5) is 13.2 Å². The summed E-state index contributed by atoms with van der Waals surface area (Å²) in [5, 5.41) is 2.97. The van der Waals surface area contributed by atoms with E-state index in [2.05, 4.69) is 10.2 Å². The highest BCUT2D eigenvalue weighted by Crippen LogP contribution is 2.31. The Bertz CT molecular complexity index is 503. The molecule has 0 aromatic heterocycles. The van der Waals surface area contributed by atoms with Crippen LogP contribution in [0.15, 0.2) is 24.3 Å². The van der Waals surface area contributed by atoms with E-state index in [4.69, 9.17) is 0 Å². The number of rotatable bonds is 4. The molecule has 0 aliphatic heterocycles. The van der Waals surface area contributed by atoms with Crippen LogP contribution in [0.5, 0.6) is 0 Å². The second-order valence-corrected chi connectivity index (χ2v) is 3.80. The Balaban J connectivity index is 2.82. The van der Waals surface area contributed by atoms with Gasteiger partial charge in [0, 0.05) is 7.05 Å². The molecule has 8 heteroatoms. The summed E-state index contributed by atoms with van der Waals surface area (Å²) < 4.78 is 38.1. The van der Waals surface area contributed by atoms with E-state index in [1.54, 1.807) is 0 Å². The fourth-order valence-electron chi connectivity index (χ4n) is 1.39. The number of carbonyl (C=O) groups is 2. The minimum Gasteiger partial charge on any atom is -0.343 e. The Morgan fingerprint density at radius 1 is 1.30 bits per heavy atom. The second kappa shape index (κ2) is 6.38. The number of hydrogen-bond acceptors (Lipinski definition) is 3. The molecule has 0 aliphatic carbocycles. The lowest BCUT2D eigenvalue weighted by molar-refractivity contribution is -0.167. The number of halogens is 3. The van der Waals surface area contributed by atoms with Gasteiger partial charge in [-0.15, -0.1) is 0 Å². The Kier molecular flexibility index (Phi) is 5.09. The molecular weight excluding hydrogens is 277 g/mol. The number of likely N-dealkylation sites (N-methyl/N-ethyl adjacent to an activating group) is 1. The molecule has 20 heavy (non-hydrogen) atoms. The van der Waals surface area contributed by atoms with Crippen molar-refractivity contribution in [3.05, 3.63) is 35.4 Å². The van der Waals surface area contributed by atoms with Gasteiger partial charge in [0.2, 0.25) is 0 Å². The molecule has 1 rings (SSSR count). The Hall–Kier alpha value is -2.09. The maximum absolute atomic E-state index is 12.7. The van der Waals surface area contributed by atoms with Crippen molar-refractivity contribution in [3.63, 3.8) is 0 Å². The summed E-state index contributed by atoms with van der Waals surface area (Å²) in [4.78, 5) is 27.6. The van der Waals surface area contributed by atoms with E-state index in [1.807, 2.05) is 0 Å². The van der Waals surface area contributed by atoms with Gasteiger partial charge in [-0.2, -0.15) is 13.2 Å². The third-order valence-corrected chi connectivity index (χ3v) is 2.50. The molecule has 0 heterocycles. The number of nitrogens with one attached hydrogen (secondary N) is 1. The van der Waals surface area contributed by atoms with Crippen LogP contribution in [-0.4, -0.2) is 37.6 Å². The van der Waals surface area contributed by atoms with Gasteiger partial charge in [-0.3, -0.25) is 14.4 Å². The number of hydrogen-bond donors (Lipinski definition) is 1. The molecule has 1 N–H and O–H groups in total. The molecule has 2 amide bonds. The molecule has 0 radical (unpaired) electrons. The fraction of sp³-hybridized carbons (Fsp3) is 0.333. The molecule has 110 valence electrons. The van der Waals surface area contributed by atoms with Crippen LogP contribution in [0.25, 0.3) is 0 Å². The summed E-state index contributed by atoms with van der Waals surface area (Å²) >= 11 is 0. The molecule has 1 aromatic carbocycles. The molecule has 0 saturated heterocycles. The Labute approximate surface area is 113 Å². The SMILES string of the molecule is CON(C)C(=O)CNC(=O)c1ccccc1C(F)(F)F. The zero-order chi connectivity index (χ0) is 15.3. The van der Waals surface area contributed by atoms with Crippen molar-refractivity contribution < 1.29 is 27.6 Å². The van der Waals surface area contributed by atoms with Crippen molar-refractivity contribution in [1.82, 2.24) is 10.4 Å². The lowest BCUT2D eigenvalue weighted by Crippen LogP contribution is -2.38. The predicted octanol–water partition coefficient (Wildman–Crippen LogP) is 1.45. The highest BCUT2D eigenvalue weighted by atomic mass is 19.4. The van der Waals surface area contributed by atoms with Gasteiger partial charge in [0.05, 0.1) is 24.8 Å². The van der Waals surface area contributed by atoms with Crippen LogP contribution in [0.2, 0.25) is 0 Å². The average molecular weight is 290 g/mol. The summed E-state index contributed by atoms with van der Waals surface area (Å²) in [7, 11) is 2.57. The van der Waals surface area contributed by atoms with Gasteiger partial charge in [-0.1, -0.05) is 12.1 Å². The minimum absolute atomic E-state index is 0.463. The van der Waals surface area contributed by atoms with Gasteiger partial charge in [0.25, 0.3) is 11.8 Å². The normalized spacial score (nSPS) is 11.1. The van der Waals surface area contributed by atoms with E-state index in [0.29, 0.717) is 0 Å². The molecule has 0 fully saturated rings. The number of alkyl halides is 3. The van der Waals surface area contributed by atoms with Crippen LogP contribution in [0, 0.1) is 0 Å². The molecule has 5 nitrogen and oxygen atoms in total. The summed E-state index contributed by atoms with van der Waals surface area (Å²) in [5.74, 6) is -1.57. The van der Waals surface area contributed by atoms with Gasteiger partial charge in [-0.25, -0.2) is 5.06 Å². The molecule has 0 unspecified atom stereocenters. The summed E-state index contributed by atoms with van der Waals surface area (Å²) in [6, 6.07) is 4.34. The first-order chi connectivity index (χ1) is 9.27. The molecular formula is C12H13F3N2O3. The predicted molar refractivity (Wildman–Crippen MR) is 63.6 cm³/mol. The van der Waals surface area contributed by atoms with E-state index in [-0.39, 0.29) is 0 Å². The monoisotopic (exact) mass is 290 g/mol. The van der Waals surface area contributed by atoms with Crippen LogP contribution in [-0.2, 0) is 15.8 Å². The van der Waals surface area contributed by atoms with E-state index in [0.717, 1.165) is 17.2 Å². The standard InChI is InChI=1S/C12H13F3N2O3/c1-17(20-2)10(18)7-16-11(19)8-5-3-4-6-9(8)12(13,14)15/h3-6H,7H2,1-2H3,(H,16,19). The number of benzene rings is 1. The second-order valence-electron chi connectivity index (χ2n) is 3.80. The van der Waals surface area contributed by atoms with Gasteiger partial charge in [-0.05, 0) is 12.1 Å². The van der Waals surface area contributed by atoms with Gasteiger partial charge in [0.15, 0.2) is 0 Å². The first-order valence-corrected chi connectivity index (χ1v) is 5.52. The molecule has 0 saturated carbocycles. The average Bonchev–Trinajstić information content (AvgIpc) is 2.42. The van der Waals surface area contributed by atoms with Crippen molar-refractivity contribution in [2.45, 2.75) is 6.18 Å². The van der Waals surface area contributed by atoms with Crippen molar-refractivity contribution >= 4 is 11.8 Å². The highest BCUT2D eigenvalue weighted by molar-refractivity contribution is 5.97. The molecule has 0 spiro atoms. The van der Waals surface area contributed by atoms with Crippen LogP contribution >= 0.6 is 0 Å². The third-order valence-electron chi connectivity index (χ3n) is 2.50. The first-order valence-electron chi connectivity index (χ1n) is 5.52. The third kappa shape index (κ3) is 3.95. The quantitative estimate of drug-likeness (QED) is 0.854. The van der Waals surface area contributed by atoms with E-state index >= 15 is 0 Å². The smallest absolute Gasteiger partial charge is 0.343 e. The van der Waals surface area contributed by atoms with Crippen molar-refractivity contribution in [2.24, 2.45) is 0 Å². The largest absolute Gasteiger partial charge is 0.417 e. The Morgan fingerprint density at radius 3 is 2.45 bits per heavy atom. The van der Waals surface area contributed by atoms with Crippen LogP contribution in [0.3, 0.4) is 0 Å². The Morgan fingerprint density at radius 2 is 1.90 bits per heavy atom. The maximum Gasteiger partial charge on any atom is 0.417 e. The number of nitrogens with zero attached hydrogens (tertiary/aromatic N) is 1. The van der Waals surface area contributed by atoms with E-state index in [9.17, 15) is 22.8 Å². The van der Waals surface area contributed by atoms with Crippen molar-refractivity contribution in [3.8, 4) is 0 Å². The molecule has 1 aromatic rings. The van der Waals surface area contributed by atoms with Gasteiger partial charge >= 0.3 is 6.18 Å². The number of hydroxylamine groups is 2. The van der Waals surface area contributed by atoms with E-state index in [1.165, 1.54) is 26.3 Å². The van der Waals surface area contributed by atoms with Gasteiger partial charge < -0.3 is 5.32 Å². The van der Waals surface area contributed by atoms with Crippen molar-refractivity contribution in [2.75, 3.05) is 20.7 Å². The zero-order valence-electron chi connectivity index (χ0n) is 10.8. The zero-order valence-corrected chi connectivity index (χ0v) is 10.8. The van der Waals surface area contributed by atoms with Crippen molar-refractivity contribution in [1.29, 1.82) is 0 Å². The number of carbonyl (C=O) groups excluding carboxylic acids is 2. The molecule has 0 atom stereocenters. The van der Waals surface area contributed by atoms with Crippen LogP contribution < -0.4 is 5.32 Å². The summed E-state index contributed by atoms with van der Waals surface area (Å²) in [6.45, 7) is -0.463. The summed E-state index contributed by atoms with van der Waals surface area (Å²) in [6.07, 6.45) is -4.64. The summed E-state index contributed by atoms with van der Waals surface area (Å²) in [5.41, 5.74) is -1.59. The van der Waals surface area contributed by atoms with Crippen LogP contribution in [0.1, 0.15) is 15.9 Å². The molecule has 0 aliphatic rings. The number of amides is 2.